The molecule has 0 bridgehead atoms. The Hall–Kier alpha value is -1.43. The second-order valence-electron chi connectivity index (χ2n) is 4.69. The summed E-state index contributed by atoms with van der Waals surface area (Å²) in [7, 11) is 5.02. The first-order valence-corrected chi connectivity index (χ1v) is 6.42. The summed E-state index contributed by atoms with van der Waals surface area (Å²) in [4.78, 5) is 1.61. The number of methoxy groups -OCH3 is 1. The summed E-state index contributed by atoms with van der Waals surface area (Å²) in [5.74, 6) is 0.670. The van der Waals surface area contributed by atoms with E-state index in [-0.39, 0.29) is 12.6 Å². The number of nitrogens with one attached hydrogen (secondary N) is 1. The lowest BCUT2D eigenvalue weighted by Gasteiger charge is -2.27. The summed E-state index contributed by atoms with van der Waals surface area (Å²) in [5.41, 5.74) is 1.61. The third-order valence-corrected chi connectivity index (χ3v) is 3.27. The van der Waals surface area contributed by atoms with Crippen LogP contribution in [0.2, 0.25) is 0 Å². The van der Waals surface area contributed by atoms with E-state index < -0.39 is 12.6 Å². The van der Waals surface area contributed by atoms with Crippen LogP contribution in [0.4, 0.5) is 18.9 Å². The molecule has 1 aromatic carbocycles. The Morgan fingerprint density at radius 1 is 1.35 bits per heavy atom. The highest BCUT2D eigenvalue weighted by molar-refractivity contribution is 5.60. The van der Waals surface area contributed by atoms with Crippen molar-refractivity contribution in [3.05, 3.63) is 23.8 Å². The smallest absolute Gasteiger partial charge is 0.390 e. The zero-order valence-corrected chi connectivity index (χ0v) is 12.2. The lowest BCUT2D eigenvalue weighted by molar-refractivity contribution is -0.132. The van der Waals surface area contributed by atoms with Crippen LogP contribution in [0.1, 0.15) is 24.9 Å². The van der Waals surface area contributed by atoms with Gasteiger partial charge >= 0.3 is 6.18 Å². The summed E-state index contributed by atoms with van der Waals surface area (Å²) in [6, 6.07) is 5.38. The van der Waals surface area contributed by atoms with Crippen LogP contribution in [0.5, 0.6) is 5.75 Å². The Kier molecular flexibility index (Phi) is 5.68. The summed E-state index contributed by atoms with van der Waals surface area (Å²) in [6.45, 7) is 1.86. The van der Waals surface area contributed by atoms with Gasteiger partial charge in [-0.05, 0) is 26.1 Å². The average Bonchev–Trinajstić information content (AvgIpc) is 2.42. The second-order valence-corrected chi connectivity index (χ2v) is 4.69. The number of ether oxygens (including phenoxy) is 1. The van der Waals surface area contributed by atoms with Crippen LogP contribution in [0, 0.1) is 0 Å². The van der Waals surface area contributed by atoms with Crippen molar-refractivity contribution < 1.29 is 17.9 Å². The van der Waals surface area contributed by atoms with Crippen LogP contribution in [0.3, 0.4) is 0 Å². The van der Waals surface area contributed by atoms with Crippen LogP contribution < -0.4 is 15.0 Å². The Bertz CT molecular complexity index is 435. The Morgan fingerprint density at radius 2 is 2.00 bits per heavy atom. The van der Waals surface area contributed by atoms with Crippen molar-refractivity contribution in [2.75, 3.05) is 32.6 Å². The first-order valence-electron chi connectivity index (χ1n) is 6.42. The van der Waals surface area contributed by atoms with Gasteiger partial charge in [-0.15, -0.1) is 0 Å². The maximum absolute atomic E-state index is 12.3. The van der Waals surface area contributed by atoms with Gasteiger partial charge in [0.2, 0.25) is 0 Å². The van der Waals surface area contributed by atoms with Gasteiger partial charge in [0, 0.05) is 30.9 Å². The molecule has 0 heterocycles. The molecule has 1 N–H and O–H groups in total. The van der Waals surface area contributed by atoms with E-state index in [9.17, 15) is 13.2 Å². The van der Waals surface area contributed by atoms with Crippen molar-refractivity contribution in [3.8, 4) is 5.75 Å². The Morgan fingerprint density at radius 3 is 2.50 bits per heavy atom. The Labute approximate surface area is 117 Å². The standard InChI is InChI=1S/C14H21F3N2O/c1-10(18-2)13-11(6-5-7-12(13)20-4)19(3)9-8-14(15,16)17/h5-7,10,18H,8-9H2,1-4H3. The lowest BCUT2D eigenvalue weighted by Crippen LogP contribution is -2.26. The van der Waals surface area contributed by atoms with Gasteiger partial charge in [0.25, 0.3) is 0 Å². The number of nitrogens with zero attached hydrogens (tertiary/aromatic N) is 1. The minimum atomic E-state index is -4.15. The van der Waals surface area contributed by atoms with Crippen LogP contribution >= 0.6 is 0 Å². The molecule has 0 spiro atoms. The van der Waals surface area contributed by atoms with Crippen LogP contribution in [0.15, 0.2) is 18.2 Å². The first-order chi connectivity index (χ1) is 9.30. The van der Waals surface area contributed by atoms with E-state index in [0.717, 1.165) is 11.3 Å². The molecule has 0 fully saturated rings. The van der Waals surface area contributed by atoms with Crippen LogP contribution in [-0.4, -0.2) is 33.9 Å². The van der Waals surface area contributed by atoms with E-state index in [1.807, 2.05) is 19.1 Å². The molecule has 0 aromatic heterocycles. The normalized spacial score (nSPS) is 13.2. The van der Waals surface area contributed by atoms with E-state index in [1.165, 1.54) is 0 Å². The van der Waals surface area contributed by atoms with E-state index in [1.54, 1.807) is 32.2 Å². The molecule has 3 nitrogen and oxygen atoms in total. The van der Waals surface area contributed by atoms with Crippen molar-refractivity contribution in [1.82, 2.24) is 5.32 Å². The number of hydrogen-bond acceptors (Lipinski definition) is 3. The van der Waals surface area contributed by atoms with Crippen molar-refractivity contribution in [1.29, 1.82) is 0 Å². The number of halogens is 3. The molecule has 0 saturated carbocycles. The molecule has 20 heavy (non-hydrogen) atoms. The minimum absolute atomic E-state index is 0.0190. The topological polar surface area (TPSA) is 24.5 Å². The maximum atomic E-state index is 12.3. The number of anilines is 1. The number of rotatable bonds is 6. The van der Waals surface area contributed by atoms with Gasteiger partial charge < -0.3 is 15.0 Å². The summed E-state index contributed by atoms with van der Waals surface area (Å²) in [5, 5.41) is 3.09. The molecule has 6 heteroatoms. The third-order valence-electron chi connectivity index (χ3n) is 3.27. The molecule has 1 atom stereocenters. The van der Waals surface area contributed by atoms with Gasteiger partial charge in [-0.3, -0.25) is 0 Å². The number of benzene rings is 1. The van der Waals surface area contributed by atoms with Gasteiger partial charge in [-0.2, -0.15) is 13.2 Å². The SMILES string of the molecule is CNC(C)c1c(OC)cccc1N(C)CCC(F)(F)F. The molecule has 0 saturated heterocycles. The molecule has 0 aliphatic heterocycles. The quantitative estimate of drug-likeness (QED) is 0.869. The van der Waals surface area contributed by atoms with Gasteiger partial charge in [0.15, 0.2) is 0 Å². The molecular formula is C14H21F3N2O. The number of alkyl halides is 3. The van der Waals surface area contributed by atoms with E-state index in [4.69, 9.17) is 4.74 Å². The molecule has 1 rings (SSSR count). The van der Waals surface area contributed by atoms with Crippen LogP contribution in [0.25, 0.3) is 0 Å². The van der Waals surface area contributed by atoms with E-state index >= 15 is 0 Å². The van der Waals surface area contributed by atoms with Crippen molar-refractivity contribution in [2.24, 2.45) is 0 Å². The predicted molar refractivity (Wildman–Crippen MR) is 74.4 cm³/mol. The van der Waals surface area contributed by atoms with E-state index in [0.29, 0.717) is 5.75 Å². The molecule has 1 aromatic rings. The van der Waals surface area contributed by atoms with Crippen molar-refractivity contribution >= 4 is 5.69 Å². The monoisotopic (exact) mass is 290 g/mol. The molecule has 0 amide bonds. The van der Waals surface area contributed by atoms with Crippen molar-refractivity contribution in [2.45, 2.75) is 25.6 Å². The average molecular weight is 290 g/mol. The largest absolute Gasteiger partial charge is 0.496 e. The highest BCUT2D eigenvalue weighted by Gasteiger charge is 2.28. The second kappa shape index (κ2) is 6.83. The lowest BCUT2D eigenvalue weighted by atomic mass is 10.0. The maximum Gasteiger partial charge on any atom is 0.390 e. The summed E-state index contributed by atoms with van der Waals surface area (Å²) < 4.78 is 42.3. The zero-order chi connectivity index (χ0) is 15.3. The van der Waals surface area contributed by atoms with Crippen LogP contribution in [-0.2, 0) is 0 Å². The fourth-order valence-corrected chi connectivity index (χ4v) is 2.04. The predicted octanol–water partition coefficient (Wildman–Crippen LogP) is 3.36. The molecule has 114 valence electrons. The van der Waals surface area contributed by atoms with Gasteiger partial charge in [-0.25, -0.2) is 0 Å². The molecule has 0 aliphatic carbocycles. The number of hydrogen-bond donors (Lipinski definition) is 1. The minimum Gasteiger partial charge on any atom is -0.496 e. The third kappa shape index (κ3) is 4.30. The molecule has 0 aliphatic rings. The molecule has 0 radical (unpaired) electrons. The Balaban J connectivity index is 3.04. The summed E-state index contributed by atoms with van der Waals surface area (Å²) in [6.07, 6.45) is -4.99. The van der Waals surface area contributed by atoms with Gasteiger partial charge in [-0.1, -0.05) is 6.07 Å². The van der Waals surface area contributed by atoms with Gasteiger partial charge in [0.05, 0.1) is 13.5 Å². The van der Waals surface area contributed by atoms with E-state index in [2.05, 4.69) is 5.32 Å². The fraction of sp³-hybridized carbons (Fsp3) is 0.571. The molecule has 1 unspecified atom stereocenters. The summed E-state index contributed by atoms with van der Waals surface area (Å²) >= 11 is 0. The van der Waals surface area contributed by atoms with Crippen molar-refractivity contribution in [3.63, 3.8) is 0 Å². The zero-order valence-electron chi connectivity index (χ0n) is 12.2. The first kappa shape index (κ1) is 16.6. The highest BCUT2D eigenvalue weighted by atomic mass is 19.4. The molecular weight excluding hydrogens is 269 g/mol. The van der Waals surface area contributed by atoms with Gasteiger partial charge in [0.1, 0.15) is 5.75 Å². The highest BCUT2D eigenvalue weighted by Crippen LogP contribution is 2.34. The fourth-order valence-electron chi connectivity index (χ4n) is 2.04.